The van der Waals surface area contributed by atoms with Crippen molar-refractivity contribution in [3.63, 3.8) is 0 Å². The van der Waals surface area contributed by atoms with Gasteiger partial charge in [-0.3, -0.25) is 4.79 Å². The summed E-state index contributed by atoms with van der Waals surface area (Å²) in [7, 11) is 0. The lowest BCUT2D eigenvalue weighted by molar-refractivity contribution is -0.132. The van der Waals surface area contributed by atoms with Crippen LogP contribution in [0.4, 0.5) is 0 Å². The predicted molar refractivity (Wildman–Crippen MR) is 223 cm³/mol. The lowest BCUT2D eigenvalue weighted by Crippen LogP contribution is -2.53. The number of hydrogen-bond acceptors (Lipinski definition) is 5. The molecule has 5 N–H and O–H groups in total. The highest BCUT2D eigenvalue weighted by molar-refractivity contribution is 5.80. The SMILES string of the molecule is CCCCC/C=C\C/C=C\CCCCCCCCC(O)C(=O)NC(CO)C(O)C(O)CCC/C=C/CC/C=C/CC/C=C/CCCCCCCCC. The second-order valence-electron chi connectivity index (χ2n) is 14.7. The third-order valence-corrected chi connectivity index (χ3v) is 9.66. The van der Waals surface area contributed by atoms with Gasteiger partial charge in [-0.25, -0.2) is 0 Å². The zero-order valence-corrected chi connectivity index (χ0v) is 33.8. The first-order valence-electron chi connectivity index (χ1n) is 21.7. The number of aliphatic hydroxyl groups is 4. The molecular formula is C46H83NO5. The van der Waals surface area contributed by atoms with E-state index in [4.69, 9.17) is 0 Å². The minimum Gasteiger partial charge on any atom is -0.394 e. The highest BCUT2D eigenvalue weighted by atomic mass is 16.3. The van der Waals surface area contributed by atoms with Crippen molar-refractivity contribution in [2.24, 2.45) is 0 Å². The van der Waals surface area contributed by atoms with E-state index in [1.807, 2.05) is 0 Å². The molecule has 4 unspecified atom stereocenters. The zero-order valence-electron chi connectivity index (χ0n) is 33.8. The Kier molecular flexibility index (Phi) is 38.7. The molecule has 0 spiro atoms. The summed E-state index contributed by atoms with van der Waals surface area (Å²) in [5, 5.41) is 43.6. The summed E-state index contributed by atoms with van der Waals surface area (Å²) in [6, 6.07) is -1.02. The lowest BCUT2D eigenvalue weighted by Gasteiger charge is -2.27. The van der Waals surface area contributed by atoms with E-state index < -0.39 is 36.9 Å². The summed E-state index contributed by atoms with van der Waals surface area (Å²) >= 11 is 0. The van der Waals surface area contributed by atoms with Crippen molar-refractivity contribution in [2.75, 3.05) is 6.61 Å². The smallest absolute Gasteiger partial charge is 0.249 e. The second-order valence-corrected chi connectivity index (χ2v) is 14.7. The largest absolute Gasteiger partial charge is 0.394 e. The molecule has 4 atom stereocenters. The first-order chi connectivity index (χ1) is 25.5. The molecule has 0 aliphatic carbocycles. The molecule has 0 saturated carbocycles. The quantitative estimate of drug-likeness (QED) is 0.0321. The van der Waals surface area contributed by atoms with Crippen LogP contribution in [0.5, 0.6) is 0 Å². The summed E-state index contributed by atoms with van der Waals surface area (Å²) in [5.74, 6) is -0.611. The van der Waals surface area contributed by atoms with Crippen molar-refractivity contribution in [1.29, 1.82) is 0 Å². The summed E-state index contributed by atoms with van der Waals surface area (Å²) in [6.45, 7) is 3.99. The second kappa shape index (κ2) is 40.2. The van der Waals surface area contributed by atoms with Crippen LogP contribution in [0, 0.1) is 0 Å². The molecule has 6 nitrogen and oxygen atoms in total. The normalized spacial score (nSPS) is 14.8. The van der Waals surface area contributed by atoms with Gasteiger partial charge in [0.1, 0.15) is 12.2 Å². The van der Waals surface area contributed by atoms with Crippen molar-refractivity contribution in [2.45, 2.75) is 218 Å². The minimum atomic E-state index is -1.30. The first-order valence-corrected chi connectivity index (χ1v) is 21.7. The highest BCUT2D eigenvalue weighted by Crippen LogP contribution is 2.13. The topological polar surface area (TPSA) is 110 Å². The maximum Gasteiger partial charge on any atom is 0.249 e. The molecular weight excluding hydrogens is 647 g/mol. The average molecular weight is 730 g/mol. The Morgan fingerprint density at radius 3 is 1.37 bits per heavy atom. The third-order valence-electron chi connectivity index (χ3n) is 9.66. The molecule has 302 valence electrons. The van der Waals surface area contributed by atoms with Gasteiger partial charge in [-0.15, -0.1) is 0 Å². The highest BCUT2D eigenvalue weighted by Gasteiger charge is 2.28. The molecule has 0 aromatic heterocycles. The molecule has 1 amide bonds. The van der Waals surface area contributed by atoms with E-state index in [1.165, 1.54) is 89.9 Å². The van der Waals surface area contributed by atoms with E-state index in [2.05, 4.69) is 79.9 Å². The van der Waals surface area contributed by atoms with Crippen molar-refractivity contribution in [3.05, 3.63) is 60.8 Å². The molecule has 0 aliphatic rings. The fraction of sp³-hybridized carbons (Fsp3) is 0.761. The zero-order chi connectivity index (χ0) is 38.2. The number of carbonyl (C=O) groups is 1. The number of hydrogen-bond donors (Lipinski definition) is 5. The number of allylic oxidation sites excluding steroid dienone is 10. The number of rotatable bonds is 38. The number of amides is 1. The van der Waals surface area contributed by atoms with E-state index in [-0.39, 0.29) is 0 Å². The van der Waals surface area contributed by atoms with Gasteiger partial charge < -0.3 is 25.7 Å². The van der Waals surface area contributed by atoms with Gasteiger partial charge in [0.25, 0.3) is 0 Å². The molecule has 0 rings (SSSR count). The Hall–Kier alpha value is -1.99. The predicted octanol–water partition coefficient (Wildman–Crippen LogP) is 11.3. The van der Waals surface area contributed by atoms with Crippen LogP contribution in [-0.2, 0) is 4.79 Å². The Morgan fingerprint density at radius 1 is 0.481 bits per heavy atom. The Morgan fingerprint density at radius 2 is 0.865 bits per heavy atom. The molecule has 0 heterocycles. The molecule has 0 aromatic rings. The van der Waals surface area contributed by atoms with Crippen molar-refractivity contribution >= 4 is 5.91 Å². The van der Waals surface area contributed by atoms with E-state index in [1.54, 1.807) is 0 Å². The fourth-order valence-corrected chi connectivity index (χ4v) is 6.17. The van der Waals surface area contributed by atoms with Crippen molar-refractivity contribution in [3.8, 4) is 0 Å². The summed E-state index contributed by atoms with van der Waals surface area (Å²) in [6.07, 6.45) is 49.6. The molecule has 0 aliphatic heterocycles. The van der Waals surface area contributed by atoms with Crippen LogP contribution in [0.1, 0.15) is 194 Å². The van der Waals surface area contributed by atoms with Gasteiger partial charge in [0.15, 0.2) is 0 Å². The molecule has 6 heteroatoms. The number of aliphatic hydroxyl groups excluding tert-OH is 4. The van der Waals surface area contributed by atoms with E-state index in [0.29, 0.717) is 19.3 Å². The van der Waals surface area contributed by atoms with Crippen LogP contribution >= 0.6 is 0 Å². The maximum absolute atomic E-state index is 12.5. The monoisotopic (exact) mass is 730 g/mol. The summed E-state index contributed by atoms with van der Waals surface area (Å²) in [4.78, 5) is 12.5. The van der Waals surface area contributed by atoms with Gasteiger partial charge in [0.2, 0.25) is 5.91 Å². The number of unbranched alkanes of at least 4 members (excludes halogenated alkanes) is 19. The van der Waals surface area contributed by atoms with Crippen LogP contribution in [0.2, 0.25) is 0 Å². The van der Waals surface area contributed by atoms with Crippen LogP contribution in [0.15, 0.2) is 60.8 Å². The van der Waals surface area contributed by atoms with Crippen LogP contribution in [0.25, 0.3) is 0 Å². The molecule has 0 bridgehead atoms. The van der Waals surface area contributed by atoms with E-state index in [9.17, 15) is 25.2 Å². The third kappa shape index (κ3) is 33.8. The number of carbonyl (C=O) groups excluding carboxylic acids is 1. The van der Waals surface area contributed by atoms with Gasteiger partial charge in [-0.2, -0.15) is 0 Å². The van der Waals surface area contributed by atoms with Crippen molar-refractivity contribution < 1.29 is 25.2 Å². The number of nitrogens with one attached hydrogen (secondary N) is 1. The van der Waals surface area contributed by atoms with Crippen molar-refractivity contribution in [1.82, 2.24) is 5.32 Å². The van der Waals surface area contributed by atoms with Crippen LogP contribution in [0.3, 0.4) is 0 Å². The Bertz CT molecular complexity index is 910. The minimum absolute atomic E-state index is 0.343. The Balaban J connectivity index is 3.88. The van der Waals surface area contributed by atoms with E-state index in [0.717, 1.165) is 70.6 Å². The molecule has 0 fully saturated rings. The van der Waals surface area contributed by atoms with Gasteiger partial charge in [-0.1, -0.05) is 158 Å². The van der Waals surface area contributed by atoms with Gasteiger partial charge in [-0.05, 0) is 96.3 Å². The van der Waals surface area contributed by atoms with Crippen LogP contribution < -0.4 is 5.32 Å². The molecule has 0 aromatic carbocycles. The molecule has 52 heavy (non-hydrogen) atoms. The van der Waals surface area contributed by atoms with Crippen LogP contribution in [-0.4, -0.2) is 57.3 Å². The maximum atomic E-state index is 12.5. The Labute approximate surface area is 321 Å². The van der Waals surface area contributed by atoms with Gasteiger partial charge >= 0.3 is 0 Å². The molecule has 0 saturated heterocycles. The summed E-state index contributed by atoms with van der Waals surface area (Å²) in [5.41, 5.74) is 0. The van der Waals surface area contributed by atoms with Gasteiger partial charge in [0.05, 0.1) is 18.8 Å². The average Bonchev–Trinajstić information content (AvgIpc) is 3.15. The van der Waals surface area contributed by atoms with Gasteiger partial charge in [0, 0.05) is 0 Å². The lowest BCUT2D eigenvalue weighted by atomic mass is 10.00. The first kappa shape index (κ1) is 50.0. The fourth-order valence-electron chi connectivity index (χ4n) is 6.17. The summed E-state index contributed by atoms with van der Waals surface area (Å²) < 4.78 is 0. The molecule has 0 radical (unpaired) electrons. The standard InChI is InChI=1S/C46H83NO5/c1-3-5-7-9-11-13-15-17-19-21-22-23-24-26-27-29-31-33-35-37-39-43(49)45(51)42(41-48)47-46(52)44(50)40-38-36-34-32-30-28-25-20-18-16-14-12-10-8-6-4-2/h12,14,18-21,24,26,31,33,42-45,48-51H,3-11,13,15-17,22-23,25,27-30,32,34-41H2,1-2H3,(H,47,52)/b14-12-,20-18-,21-19+,26-24+,33-31+. The van der Waals surface area contributed by atoms with E-state index >= 15 is 0 Å².